The number of amides is 2. The second kappa shape index (κ2) is 4.64. The van der Waals surface area contributed by atoms with Gasteiger partial charge in [0.05, 0.1) is 33.2 Å². The summed E-state index contributed by atoms with van der Waals surface area (Å²) < 4.78 is 0. The van der Waals surface area contributed by atoms with E-state index in [1.54, 1.807) is 36.4 Å². The Morgan fingerprint density at radius 2 is 1.18 bits per heavy atom. The number of carbonyl (C=O) groups excluding carboxylic acids is 2. The number of phenolic OH excluding ortho intramolecular Hbond substituents is 2. The zero-order chi connectivity index (χ0) is 19.3. The Morgan fingerprint density at radius 3 is 1.61 bits per heavy atom. The zero-order valence-corrected chi connectivity index (χ0v) is 14.6. The maximum absolute atomic E-state index is 13.0. The van der Waals surface area contributed by atoms with Crippen LogP contribution in [-0.2, 0) is 0 Å². The van der Waals surface area contributed by atoms with Gasteiger partial charge in [-0.1, -0.05) is 0 Å². The minimum atomic E-state index is -0.353. The number of aromatic hydroxyl groups is 2. The third-order valence-corrected chi connectivity index (χ3v) is 5.60. The summed E-state index contributed by atoms with van der Waals surface area (Å²) in [4.78, 5) is 33.6. The van der Waals surface area contributed by atoms with Crippen LogP contribution >= 0.6 is 0 Å². The molecule has 2 amide bonds. The average Bonchev–Trinajstić information content (AvgIpc) is 3.28. The van der Waals surface area contributed by atoms with E-state index in [-0.39, 0.29) is 23.3 Å². The highest BCUT2D eigenvalue weighted by Gasteiger charge is 2.38. The number of imide groups is 1. The standard InChI is InChI=1S/C21H13N3O4/c1-24-20(27)16-14-10-4-2-8(25)6-12(10)22-18(14)19-15(17(16)21(24)28)11-5-3-9(26)7-13(11)23-19/h2-7,22-23,25-26H,1H3. The minimum Gasteiger partial charge on any atom is -0.508 e. The topological polar surface area (TPSA) is 109 Å². The van der Waals surface area contributed by atoms with E-state index in [1.807, 2.05) is 0 Å². The van der Waals surface area contributed by atoms with Crippen LogP contribution in [0.4, 0.5) is 0 Å². The van der Waals surface area contributed by atoms with E-state index < -0.39 is 0 Å². The molecule has 0 fully saturated rings. The molecule has 0 radical (unpaired) electrons. The maximum atomic E-state index is 13.0. The molecule has 0 saturated carbocycles. The summed E-state index contributed by atoms with van der Waals surface area (Å²) in [6, 6.07) is 9.77. The van der Waals surface area contributed by atoms with E-state index in [0.29, 0.717) is 44.0 Å². The lowest BCUT2D eigenvalue weighted by atomic mass is 9.97. The molecule has 0 spiro atoms. The van der Waals surface area contributed by atoms with Crippen LogP contribution in [0.3, 0.4) is 0 Å². The van der Waals surface area contributed by atoms with Gasteiger partial charge in [0.25, 0.3) is 11.8 Å². The van der Waals surface area contributed by atoms with Crippen LogP contribution < -0.4 is 0 Å². The Morgan fingerprint density at radius 1 is 0.750 bits per heavy atom. The molecule has 0 aliphatic carbocycles. The number of rotatable bonds is 0. The number of nitrogens with one attached hydrogen (secondary N) is 2. The van der Waals surface area contributed by atoms with Gasteiger partial charge in [0.1, 0.15) is 11.5 Å². The molecule has 2 aromatic heterocycles. The Bertz CT molecular complexity index is 1420. The number of fused-ring (bicyclic) bond motifs is 10. The fraction of sp³-hybridized carbons (Fsp3) is 0.0476. The number of hydrogen-bond donors (Lipinski definition) is 4. The first kappa shape index (κ1) is 15.1. The van der Waals surface area contributed by atoms with Crippen LogP contribution in [0.15, 0.2) is 36.4 Å². The van der Waals surface area contributed by atoms with Crippen LogP contribution in [-0.4, -0.2) is 43.9 Å². The molecule has 28 heavy (non-hydrogen) atoms. The van der Waals surface area contributed by atoms with E-state index in [1.165, 1.54) is 7.05 Å². The lowest BCUT2D eigenvalue weighted by Crippen LogP contribution is -2.24. The van der Waals surface area contributed by atoms with Gasteiger partial charge in [-0.2, -0.15) is 0 Å². The summed E-state index contributed by atoms with van der Waals surface area (Å²) in [5.41, 5.74) is 3.42. The van der Waals surface area contributed by atoms with Crippen molar-refractivity contribution in [3.8, 4) is 11.5 Å². The van der Waals surface area contributed by atoms with Crippen molar-refractivity contribution in [1.82, 2.24) is 14.9 Å². The van der Waals surface area contributed by atoms with Crippen molar-refractivity contribution >= 4 is 55.4 Å². The minimum absolute atomic E-state index is 0.105. The fourth-order valence-electron chi connectivity index (χ4n) is 4.37. The molecule has 3 heterocycles. The number of benzene rings is 3. The third-order valence-electron chi connectivity index (χ3n) is 5.60. The molecule has 1 aliphatic heterocycles. The second-order valence-electron chi connectivity index (χ2n) is 7.13. The van der Waals surface area contributed by atoms with Crippen LogP contribution in [0.1, 0.15) is 20.7 Å². The Balaban J connectivity index is 1.98. The number of phenols is 2. The second-order valence-corrected chi connectivity index (χ2v) is 7.13. The van der Waals surface area contributed by atoms with Crippen molar-refractivity contribution in [3.05, 3.63) is 47.5 Å². The lowest BCUT2D eigenvalue weighted by Gasteiger charge is -2.03. The summed E-state index contributed by atoms with van der Waals surface area (Å²) >= 11 is 0. The van der Waals surface area contributed by atoms with Gasteiger partial charge in [0.15, 0.2) is 0 Å². The van der Waals surface area contributed by atoms with Gasteiger partial charge in [0.2, 0.25) is 0 Å². The third kappa shape index (κ3) is 1.59. The molecule has 0 unspecified atom stereocenters. The number of aromatic amines is 2. The zero-order valence-electron chi connectivity index (χ0n) is 14.6. The number of aromatic nitrogens is 2. The Labute approximate surface area is 156 Å². The maximum Gasteiger partial charge on any atom is 0.262 e. The summed E-state index contributed by atoms with van der Waals surface area (Å²) in [5, 5.41) is 22.5. The van der Waals surface area contributed by atoms with Gasteiger partial charge >= 0.3 is 0 Å². The van der Waals surface area contributed by atoms with Gasteiger partial charge < -0.3 is 20.2 Å². The van der Waals surface area contributed by atoms with Crippen LogP contribution in [0.5, 0.6) is 11.5 Å². The molecule has 7 nitrogen and oxygen atoms in total. The van der Waals surface area contributed by atoms with Crippen molar-refractivity contribution in [2.24, 2.45) is 0 Å². The van der Waals surface area contributed by atoms with Crippen molar-refractivity contribution < 1.29 is 19.8 Å². The Kier molecular flexibility index (Phi) is 2.50. The molecule has 1 aliphatic rings. The number of hydrogen-bond acceptors (Lipinski definition) is 4. The molecule has 5 aromatic rings. The van der Waals surface area contributed by atoms with E-state index in [4.69, 9.17) is 0 Å². The summed E-state index contributed by atoms with van der Waals surface area (Å²) in [6.45, 7) is 0. The van der Waals surface area contributed by atoms with Crippen molar-refractivity contribution in [2.45, 2.75) is 0 Å². The van der Waals surface area contributed by atoms with Crippen molar-refractivity contribution in [2.75, 3.05) is 7.05 Å². The smallest absolute Gasteiger partial charge is 0.262 e. The summed E-state index contributed by atoms with van der Waals surface area (Å²) in [7, 11) is 1.48. The van der Waals surface area contributed by atoms with Crippen LogP contribution in [0.2, 0.25) is 0 Å². The number of carbonyl (C=O) groups is 2. The molecule has 7 heteroatoms. The van der Waals surface area contributed by atoms with E-state index >= 15 is 0 Å². The van der Waals surface area contributed by atoms with Gasteiger partial charge in [0, 0.05) is 40.7 Å². The van der Waals surface area contributed by atoms with Gasteiger partial charge in [-0.3, -0.25) is 14.5 Å². The van der Waals surface area contributed by atoms with Gasteiger partial charge in [-0.25, -0.2) is 0 Å². The molecule has 136 valence electrons. The fourth-order valence-corrected chi connectivity index (χ4v) is 4.37. The van der Waals surface area contributed by atoms with E-state index in [2.05, 4.69) is 9.97 Å². The SMILES string of the molecule is CN1C(=O)c2c(c3c4ccc(O)cc4[nH]c3c3[nH]c4cc(O)ccc4c23)C1=O. The van der Waals surface area contributed by atoms with Crippen molar-refractivity contribution in [1.29, 1.82) is 0 Å². The first-order chi connectivity index (χ1) is 13.5. The summed E-state index contributed by atoms with van der Waals surface area (Å²) in [5.74, 6) is -0.496. The lowest BCUT2D eigenvalue weighted by molar-refractivity contribution is 0.0694. The highest BCUT2D eigenvalue weighted by atomic mass is 16.3. The molecule has 3 aromatic carbocycles. The van der Waals surface area contributed by atoms with Gasteiger partial charge in [-0.15, -0.1) is 0 Å². The highest BCUT2D eigenvalue weighted by molar-refractivity contribution is 6.39. The predicted octanol–water partition coefficient (Wildman–Crippen LogP) is 3.59. The highest BCUT2D eigenvalue weighted by Crippen LogP contribution is 2.44. The first-order valence-corrected chi connectivity index (χ1v) is 8.73. The summed E-state index contributed by atoms with van der Waals surface area (Å²) in [6.07, 6.45) is 0. The predicted molar refractivity (Wildman–Crippen MR) is 105 cm³/mol. The largest absolute Gasteiger partial charge is 0.508 e. The van der Waals surface area contributed by atoms with Crippen molar-refractivity contribution in [3.63, 3.8) is 0 Å². The molecule has 4 N–H and O–H groups in total. The van der Waals surface area contributed by atoms with E-state index in [0.717, 1.165) is 15.7 Å². The number of H-pyrrole nitrogens is 2. The van der Waals surface area contributed by atoms with Crippen LogP contribution in [0, 0.1) is 0 Å². The quantitative estimate of drug-likeness (QED) is 0.312. The molecular weight excluding hydrogens is 358 g/mol. The molecule has 6 rings (SSSR count). The van der Waals surface area contributed by atoms with Gasteiger partial charge in [-0.05, 0) is 24.3 Å². The van der Waals surface area contributed by atoms with E-state index in [9.17, 15) is 19.8 Å². The molecular formula is C21H13N3O4. The Hall–Kier alpha value is -4.00. The normalized spacial score (nSPS) is 14.2. The first-order valence-electron chi connectivity index (χ1n) is 8.73. The molecule has 0 bridgehead atoms. The van der Waals surface area contributed by atoms with Crippen LogP contribution in [0.25, 0.3) is 43.6 Å². The number of nitrogens with zero attached hydrogens (tertiary/aromatic N) is 1. The monoisotopic (exact) mass is 371 g/mol. The molecule has 0 atom stereocenters. The average molecular weight is 371 g/mol. The molecule has 0 saturated heterocycles.